The number of likely N-dealkylation sites (N-methyl/N-ethyl adjacent to an activating group) is 1. The Bertz CT molecular complexity index is 554. The van der Waals surface area contributed by atoms with E-state index < -0.39 is 0 Å². The second-order valence-corrected chi connectivity index (χ2v) is 6.30. The normalized spacial score (nSPS) is 12.4. The molecule has 0 fully saturated rings. The Morgan fingerprint density at radius 1 is 1.29 bits per heavy atom. The van der Waals surface area contributed by atoms with Gasteiger partial charge in [0.15, 0.2) is 0 Å². The van der Waals surface area contributed by atoms with Crippen molar-refractivity contribution in [1.82, 2.24) is 5.32 Å². The van der Waals surface area contributed by atoms with Crippen LogP contribution in [-0.4, -0.2) is 19.6 Å². The van der Waals surface area contributed by atoms with Crippen LogP contribution >= 0.6 is 11.3 Å². The molecule has 1 atom stereocenters. The number of rotatable bonds is 7. The standard InChI is InChI=1S/C17H23FN2S/c1-4-19-12-14-7-5-9-16(18)17(14)20(3)13(2)11-15-8-6-10-21-15/h5-10,13,19H,4,11-12H2,1-3H3. The van der Waals surface area contributed by atoms with E-state index in [1.54, 1.807) is 23.5 Å². The molecule has 0 radical (unpaired) electrons. The third-order valence-electron chi connectivity index (χ3n) is 3.73. The molecular weight excluding hydrogens is 283 g/mol. The number of thiophene rings is 1. The zero-order valence-electron chi connectivity index (χ0n) is 12.9. The maximum atomic E-state index is 14.3. The van der Waals surface area contributed by atoms with Crippen LogP contribution in [0.2, 0.25) is 0 Å². The summed E-state index contributed by atoms with van der Waals surface area (Å²) in [7, 11) is 1.98. The number of benzene rings is 1. The number of para-hydroxylation sites is 1. The van der Waals surface area contributed by atoms with Gasteiger partial charge in [0.05, 0.1) is 5.69 Å². The summed E-state index contributed by atoms with van der Waals surface area (Å²) in [5.41, 5.74) is 1.72. The van der Waals surface area contributed by atoms with Gasteiger partial charge in [0.1, 0.15) is 5.82 Å². The van der Waals surface area contributed by atoms with Gasteiger partial charge in [-0.2, -0.15) is 0 Å². The van der Waals surface area contributed by atoms with Gasteiger partial charge in [-0.25, -0.2) is 4.39 Å². The lowest BCUT2D eigenvalue weighted by Gasteiger charge is -2.29. The Balaban J connectivity index is 2.18. The van der Waals surface area contributed by atoms with Crippen molar-refractivity contribution < 1.29 is 4.39 Å². The third-order valence-corrected chi connectivity index (χ3v) is 4.63. The van der Waals surface area contributed by atoms with E-state index in [2.05, 4.69) is 41.6 Å². The number of hydrogen-bond donors (Lipinski definition) is 1. The molecule has 0 saturated carbocycles. The quantitative estimate of drug-likeness (QED) is 0.829. The van der Waals surface area contributed by atoms with Crippen LogP contribution in [0.1, 0.15) is 24.3 Å². The predicted molar refractivity (Wildman–Crippen MR) is 89.7 cm³/mol. The first kappa shape index (κ1) is 16.0. The van der Waals surface area contributed by atoms with Gasteiger partial charge in [0, 0.05) is 30.9 Å². The molecule has 1 aromatic carbocycles. The first-order valence-corrected chi connectivity index (χ1v) is 8.24. The highest BCUT2D eigenvalue weighted by molar-refractivity contribution is 7.09. The van der Waals surface area contributed by atoms with Crippen molar-refractivity contribution in [2.75, 3.05) is 18.5 Å². The molecule has 4 heteroatoms. The number of halogens is 1. The molecule has 1 unspecified atom stereocenters. The molecular formula is C17H23FN2S. The van der Waals surface area contributed by atoms with Gasteiger partial charge >= 0.3 is 0 Å². The lowest BCUT2D eigenvalue weighted by atomic mass is 10.1. The van der Waals surface area contributed by atoms with Gasteiger partial charge in [-0.3, -0.25) is 0 Å². The molecule has 114 valence electrons. The summed E-state index contributed by atoms with van der Waals surface area (Å²) in [6, 6.07) is 9.76. The van der Waals surface area contributed by atoms with Crippen LogP contribution in [-0.2, 0) is 13.0 Å². The van der Waals surface area contributed by atoms with Crippen LogP contribution in [0.25, 0.3) is 0 Å². The average Bonchev–Trinajstić information content (AvgIpc) is 2.97. The lowest BCUT2D eigenvalue weighted by Crippen LogP contribution is -2.32. The minimum Gasteiger partial charge on any atom is -0.369 e. The van der Waals surface area contributed by atoms with E-state index in [4.69, 9.17) is 0 Å². The molecule has 0 bridgehead atoms. The van der Waals surface area contributed by atoms with E-state index in [-0.39, 0.29) is 11.9 Å². The highest BCUT2D eigenvalue weighted by Crippen LogP contribution is 2.26. The van der Waals surface area contributed by atoms with Gasteiger partial charge in [0.2, 0.25) is 0 Å². The van der Waals surface area contributed by atoms with Crippen LogP contribution in [0.5, 0.6) is 0 Å². The summed E-state index contributed by atoms with van der Waals surface area (Å²) in [6.45, 7) is 5.77. The first-order valence-electron chi connectivity index (χ1n) is 7.36. The molecule has 2 rings (SSSR count). The molecule has 0 aliphatic rings. The molecule has 0 aliphatic carbocycles. The van der Waals surface area contributed by atoms with Gasteiger partial charge in [-0.15, -0.1) is 11.3 Å². The summed E-state index contributed by atoms with van der Waals surface area (Å²) < 4.78 is 14.3. The third kappa shape index (κ3) is 4.05. The Labute approximate surface area is 130 Å². The smallest absolute Gasteiger partial charge is 0.146 e. The average molecular weight is 306 g/mol. The molecule has 21 heavy (non-hydrogen) atoms. The predicted octanol–water partition coefficient (Wildman–Crippen LogP) is 4.06. The van der Waals surface area contributed by atoms with Gasteiger partial charge in [-0.05, 0) is 36.5 Å². The number of hydrogen-bond acceptors (Lipinski definition) is 3. The van der Waals surface area contributed by atoms with E-state index >= 15 is 0 Å². The lowest BCUT2D eigenvalue weighted by molar-refractivity contribution is 0.597. The van der Waals surface area contributed by atoms with Crippen molar-refractivity contribution in [3.8, 4) is 0 Å². The second kappa shape index (κ2) is 7.57. The maximum absolute atomic E-state index is 14.3. The van der Waals surface area contributed by atoms with Crippen molar-refractivity contribution in [2.24, 2.45) is 0 Å². The summed E-state index contributed by atoms with van der Waals surface area (Å²) in [6.07, 6.45) is 0.934. The van der Waals surface area contributed by atoms with Crippen molar-refractivity contribution in [3.05, 3.63) is 52.0 Å². The van der Waals surface area contributed by atoms with Gasteiger partial charge < -0.3 is 10.2 Å². The molecule has 0 saturated heterocycles. The zero-order chi connectivity index (χ0) is 15.2. The molecule has 0 aliphatic heterocycles. The molecule has 2 nitrogen and oxygen atoms in total. The molecule has 0 amide bonds. The monoisotopic (exact) mass is 306 g/mol. The Hall–Kier alpha value is -1.39. The number of anilines is 1. The SMILES string of the molecule is CCNCc1cccc(F)c1N(C)C(C)Cc1cccs1. The van der Waals surface area contributed by atoms with E-state index in [1.165, 1.54) is 4.88 Å². The fraction of sp³-hybridized carbons (Fsp3) is 0.412. The van der Waals surface area contributed by atoms with E-state index in [1.807, 2.05) is 13.1 Å². The number of nitrogens with zero attached hydrogens (tertiary/aromatic N) is 1. The molecule has 0 spiro atoms. The van der Waals surface area contributed by atoms with Crippen molar-refractivity contribution in [1.29, 1.82) is 0 Å². The van der Waals surface area contributed by atoms with Gasteiger partial charge in [0.25, 0.3) is 0 Å². The molecule has 1 N–H and O–H groups in total. The molecule has 1 aromatic heterocycles. The summed E-state index contributed by atoms with van der Waals surface area (Å²) in [5.74, 6) is -0.147. The fourth-order valence-corrected chi connectivity index (χ4v) is 3.26. The first-order chi connectivity index (χ1) is 10.1. The maximum Gasteiger partial charge on any atom is 0.146 e. The van der Waals surface area contributed by atoms with Crippen LogP contribution in [0, 0.1) is 5.82 Å². The van der Waals surface area contributed by atoms with Crippen LogP contribution < -0.4 is 10.2 Å². The Kier molecular flexibility index (Phi) is 5.76. The van der Waals surface area contributed by atoms with E-state index in [0.717, 1.165) is 18.5 Å². The van der Waals surface area contributed by atoms with Crippen LogP contribution in [0.3, 0.4) is 0 Å². The fourth-order valence-electron chi connectivity index (χ4n) is 2.43. The summed E-state index contributed by atoms with van der Waals surface area (Å²) in [4.78, 5) is 3.39. The molecule has 1 heterocycles. The van der Waals surface area contributed by atoms with Crippen LogP contribution in [0.4, 0.5) is 10.1 Å². The minimum atomic E-state index is -0.147. The van der Waals surface area contributed by atoms with Crippen LogP contribution in [0.15, 0.2) is 35.7 Å². The number of nitrogens with one attached hydrogen (secondary N) is 1. The van der Waals surface area contributed by atoms with Crippen molar-refractivity contribution in [3.63, 3.8) is 0 Å². The Morgan fingerprint density at radius 2 is 2.10 bits per heavy atom. The topological polar surface area (TPSA) is 15.3 Å². The van der Waals surface area contributed by atoms with E-state index in [9.17, 15) is 4.39 Å². The second-order valence-electron chi connectivity index (χ2n) is 5.27. The minimum absolute atomic E-state index is 0.147. The highest BCUT2D eigenvalue weighted by atomic mass is 32.1. The summed E-state index contributed by atoms with van der Waals surface area (Å²) in [5, 5.41) is 5.37. The van der Waals surface area contributed by atoms with E-state index in [0.29, 0.717) is 12.2 Å². The van der Waals surface area contributed by atoms with Gasteiger partial charge in [-0.1, -0.05) is 25.1 Å². The molecule has 2 aromatic rings. The van der Waals surface area contributed by atoms with Crippen molar-refractivity contribution in [2.45, 2.75) is 32.9 Å². The largest absolute Gasteiger partial charge is 0.369 e. The highest BCUT2D eigenvalue weighted by Gasteiger charge is 2.18. The van der Waals surface area contributed by atoms with Crippen molar-refractivity contribution >= 4 is 17.0 Å². The summed E-state index contributed by atoms with van der Waals surface area (Å²) >= 11 is 1.75. The zero-order valence-corrected chi connectivity index (χ0v) is 13.7. The Morgan fingerprint density at radius 3 is 2.76 bits per heavy atom.